The lowest BCUT2D eigenvalue weighted by Gasteiger charge is -2.14. The summed E-state index contributed by atoms with van der Waals surface area (Å²) < 4.78 is 1.17. The Bertz CT molecular complexity index is 1220. The SMILES string of the molecule is Cc1ccc(NC(=O)Nc2nc(Cn3c(O)c(C)[nH]c3=O)cs2)c(C(=O)C2CCCC2)c1. The van der Waals surface area contributed by atoms with E-state index < -0.39 is 11.7 Å². The summed E-state index contributed by atoms with van der Waals surface area (Å²) in [6.07, 6.45) is 3.90. The molecule has 9 nitrogen and oxygen atoms in total. The van der Waals surface area contributed by atoms with Gasteiger partial charge in [-0.15, -0.1) is 11.3 Å². The average molecular weight is 456 g/mol. The van der Waals surface area contributed by atoms with E-state index in [1.807, 2.05) is 19.1 Å². The summed E-state index contributed by atoms with van der Waals surface area (Å²) in [6.45, 7) is 3.59. The van der Waals surface area contributed by atoms with Gasteiger partial charge in [-0.2, -0.15) is 0 Å². The summed E-state index contributed by atoms with van der Waals surface area (Å²) in [4.78, 5) is 44.2. The standard InChI is InChI=1S/C22H25N5O4S/c1-12-7-8-17(16(9-12)18(28)14-5-3-4-6-14)25-20(30)26-21-24-15(11-32-21)10-27-19(29)13(2)23-22(27)31/h7-9,11,14,29H,3-6,10H2,1-2H3,(H,23,31)(H2,24,25,26,30). The van der Waals surface area contributed by atoms with Gasteiger partial charge in [-0.1, -0.05) is 24.5 Å². The zero-order chi connectivity index (χ0) is 22.8. The highest BCUT2D eigenvalue weighted by atomic mass is 32.1. The monoisotopic (exact) mass is 455 g/mol. The summed E-state index contributed by atoms with van der Waals surface area (Å²) in [5.41, 5.74) is 2.43. The Labute approximate surface area is 188 Å². The molecule has 4 rings (SSSR count). The number of aromatic amines is 1. The largest absolute Gasteiger partial charge is 0.493 e. The van der Waals surface area contributed by atoms with Crippen LogP contribution in [0.3, 0.4) is 0 Å². The van der Waals surface area contributed by atoms with Gasteiger partial charge in [-0.3, -0.25) is 14.7 Å². The van der Waals surface area contributed by atoms with Crippen LogP contribution in [-0.4, -0.2) is 31.5 Å². The van der Waals surface area contributed by atoms with Crippen molar-refractivity contribution in [2.75, 3.05) is 10.6 Å². The van der Waals surface area contributed by atoms with Crippen LogP contribution < -0.4 is 16.3 Å². The number of rotatable bonds is 6. The summed E-state index contributed by atoms with van der Waals surface area (Å²) in [7, 11) is 0. The van der Waals surface area contributed by atoms with E-state index in [0.29, 0.717) is 27.8 Å². The first-order chi connectivity index (χ1) is 15.3. The lowest BCUT2D eigenvalue weighted by molar-refractivity contribution is 0.0923. The van der Waals surface area contributed by atoms with Crippen molar-refractivity contribution < 1.29 is 14.7 Å². The first kappa shape index (κ1) is 21.8. The van der Waals surface area contributed by atoms with Crippen LogP contribution in [0.5, 0.6) is 5.88 Å². The molecule has 1 aliphatic rings. The second-order valence-corrected chi connectivity index (χ2v) is 8.94. The fourth-order valence-corrected chi connectivity index (χ4v) is 4.65. The number of nitrogens with zero attached hydrogens (tertiary/aromatic N) is 2. The number of carbonyl (C=O) groups is 2. The smallest absolute Gasteiger partial charge is 0.328 e. The highest BCUT2D eigenvalue weighted by molar-refractivity contribution is 7.13. The summed E-state index contributed by atoms with van der Waals surface area (Å²) in [5, 5.41) is 17.4. The summed E-state index contributed by atoms with van der Waals surface area (Å²) in [6, 6.07) is 4.91. The van der Waals surface area contributed by atoms with Crippen LogP contribution >= 0.6 is 11.3 Å². The summed E-state index contributed by atoms with van der Waals surface area (Å²) >= 11 is 1.20. The van der Waals surface area contributed by atoms with Crippen molar-refractivity contribution in [3.63, 3.8) is 0 Å². The number of aromatic hydroxyl groups is 1. The van der Waals surface area contributed by atoms with Crippen LogP contribution in [0.15, 0.2) is 28.4 Å². The Morgan fingerprint density at radius 3 is 2.69 bits per heavy atom. The van der Waals surface area contributed by atoms with Gasteiger partial charge in [0.15, 0.2) is 10.9 Å². The van der Waals surface area contributed by atoms with Gasteiger partial charge >= 0.3 is 11.7 Å². The van der Waals surface area contributed by atoms with Gasteiger partial charge in [-0.25, -0.2) is 14.6 Å². The maximum atomic E-state index is 13.0. The maximum Gasteiger partial charge on any atom is 0.328 e. The van der Waals surface area contributed by atoms with Gasteiger partial charge in [0.25, 0.3) is 0 Å². The molecule has 2 amide bonds. The number of H-pyrrole nitrogens is 1. The quantitative estimate of drug-likeness (QED) is 0.417. The molecule has 1 fully saturated rings. The van der Waals surface area contributed by atoms with Crippen molar-refractivity contribution in [3.05, 3.63) is 56.6 Å². The van der Waals surface area contributed by atoms with Crippen molar-refractivity contribution >= 4 is 34.0 Å². The second kappa shape index (κ2) is 8.99. The fraction of sp³-hybridized carbons (Fsp3) is 0.364. The number of amides is 2. The Kier molecular flexibility index (Phi) is 6.13. The van der Waals surface area contributed by atoms with Crippen LogP contribution in [0, 0.1) is 19.8 Å². The van der Waals surface area contributed by atoms with Crippen molar-refractivity contribution in [1.29, 1.82) is 0 Å². The number of aromatic nitrogens is 3. The molecule has 0 atom stereocenters. The highest BCUT2D eigenvalue weighted by Crippen LogP contribution is 2.31. The van der Waals surface area contributed by atoms with Gasteiger partial charge < -0.3 is 15.4 Å². The van der Waals surface area contributed by atoms with Crippen LogP contribution in [0.4, 0.5) is 15.6 Å². The number of benzene rings is 1. The topological polar surface area (TPSA) is 129 Å². The predicted octanol–water partition coefficient (Wildman–Crippen LogP) is 4.02. The molecule has 0 spiro atoms. The van der Waals surface area contributed by atoms with Gasteiger partial charge in [-0.05, 0) is 38.8 Å². The Morgan fingerprint density at radius 1 is 1.25 bits per heavy atom. The number of Topliss-reactive ketones (excluding diaryl/α,β-unsaturated/α-hetero) is 1. The molecule has 168 valence electrons. The van der Waals surface area contributed by atoms with E-state index in [0.717, 1.165) is 31.2 Å². The molecule has 0 unspecified atom stereocenters. The number of imidazole rings is 1. The maximum absolute atomic E-state index is 13.0. The van der Waals surface area contributed by atoms with E-state index in [2.05, 4.69) is 20.6 Å². The molecule has 1 saturated carbocycles. The Balaban J connectivity index is 1.44. The van der Waals surface area contributed by atoms with E-state index in [-0.39, 0.29) is 24.1 Å². The molecule has 1 aliphatic carbocycles. The molecule has 0 saturated heterocycles. The average Bonchev–Trinajstić information content (AvgIpc) is 3.48. The first-order valence-electron chi connectivity index (χ1n) is 10.5. The summed E-state index contributed by atoms with van der Waals surface area (Å²) in [5.74, 6) is -0.0574. The minimum atomic E-state index is -0.507. The molecule has 3 aromatic rings. The molecule has 32 heavy (non-hydrogen) atoms. The first-order valence-corrected chi connectivity index (χ1v) is 11.4. The number of ketones is 1. The number of thiazole rings is 1. The predicted molar refractivity (Wildman–Crippen MR) is 123 cm³/mol. The van der Waals surface area contributed by atoms with Gasteiger partial charge in [0, 0.05) is 16.9 Å². The number of hydrogen-bond acceptors (Lipinski definition) is 6. The molecule has 2 heterocycles. The molecule has 2 aromatic heterocycles. The minimum absolute atomic E-state index is 0.0128. The van der Waals surface area contributed by atoms with Gasteiger partial charge in [0.1, 0.15) is 0 Å². The van der Waals surface area contributed by atoms with E-state index >= 15 is 0 Å². The third-order valence-corrected chi connectivity index (χ3v) is 6.44. The van der Waals surface area contributed by atoms with Crippen molar-refractivity contribution in [2.24, 2.45) is 5.92 Å². The lowest BCUT2D eigenvalue weighted by Crippen LogP contribution is -2.22. The Morgan fingerprint density at radius 2 is 2.00 bits per heavy atom. The number of urea groups is 1. The lowest BCUT2D eigenvalue weighted by atomic mass is 9.94. The second-order valence-electron chi connectivity index (χ2n) is 8.08. The number of aryl methyl sites for hydroxylation is 2. The molecule has 0 bridgehead atoms. The Hall–Kier alpha value is -3.40. The van der Waals surface area contributed by atoms with Crippen molar-refractivity contribution in [3.8, 4) is 5.88 Å². The van der Waals surface area contributed by atoms with Crippen LogP contribution in [0.1, 0.15) is 53.0 Å². The number of anilines is 2. The molecular weight excluding hydrogens is 430 g/mol. The zero-order valence-electron chi connectivity index (χ0n) is 17.9. The van der Waals surface area contributed by atoms with Gasteiger partial charge in [0.05, 0.1) is 23.6 Å². The van der Waals surface area contributed by atoms with Crippen molar-refractivity contribution in [1.82, 2.24) is 14.5 Å². The van der Waals surface area contributed by atoms with Crippen LogP contribution in [0.25, 0.3) is 0 Å². The molecule has 10 heteroatoms. The van der Waals surface area contributed by atoms with E-state index in [1.165, 1.54) is 15.9 Å². The van der Waals surface area contributed by atoms with Crippen LogP contribution in [0.2, 0.25) is 0 Å². The third-order valence-electron chi connectivity index (χ3n) is 5.64. The molecular formula is C22H25N5O4S. The fourth-order valence-electron chi connectivity index (χ4n) is 3.96. The van der Waals surface area contributed by atoms with E-state index in [4.69, 9.17) is 0 Å². The minimum Gasteiger partial charge on any atom is -0.493 e. The number of carbonyl (C=O) groups excluding carboxylic acids is 2. The normalized spacial score (nSPS) is 13.9. The van der Waals surface area contributed by atoms with Crippen LogP contribution in [-0.2, 0) is 6.54 Å². The molecule has 1 aromatic carbocycles. The number of nitrogens with one attached hydrogen (secondary N) is 3. The zero-order valence-corrected chi connectivity index (χ0v) is 18.7. The third kappa shape index (κ3) is 4.59. The van der Waals surface area contributed by atoms with Crippen molar-refractivity contribution in [2.45, 2.75) is 46.1 Å². The van der Waals surface area contributed by atoms with E-state index in [1.54, 1.807) is 18.4 Å². The highest BCUT2D eigenvalue weighted by Gasteiger charge is 2.26. The molecule has 4 N–H and O–H groups in total. The number of hydrogen-bond donors (Lipinski definition) is 4. The van der Waals surface area contributed by atoms with E-state index in [9.17, 15) is 19.5 Å². The molecule has 0 aliphatic heterocycles. The molecule has 0 radical (unpaired) electrons. The van der Waals surface area contributed by atoms with Gasteiger partial charge in [0.2, 0.25) is 5.88 Å².